The number of β-amino-alcohol motifs (C(OH)–C–C–N with tert-alkyl or cyclic N) is 1. The first kappa shape index (κ1) is 26.5. The number of aliphatic hydroxyl groups is 4. The second-order valence-electron chi connectivity index (χ2n) is 10.8. The molecule has 1 saturated heterocycles. The molecule has 4 N–H and O–H groups in total. The average Bonchev–Trinajstić information content (AvgIpc) is 2.71. The molecule has 1 amide bonds. The van der Waals surface area contributed by atoms with E-state index in [0.717, 1.165) is 38.6 Å². The first-order valence-corrected chi connectivity index (χ1v) is 12.3. The van der Waals surface area contributed by atoms with Crippen LogP contribution in [0.1, 0.15) is 79.1 Å². The van der Waals surface area contributed by atoms with Crippen LogP contribution in [0.4, 0.5) is 0 Å². The average molecular weight is 443 g/mol. The summed E-state index contributed by atoms with van der Waals surface area (Å²) in [5.41, 5.74) is -0.364. The van der Waals surface area contributed by atoms with Crippen LogP contribution < -0.4 is 0 Å². The lowest BCUT2D eigenvalue weighted by molar-refractivity contribution is -0.145. The number of rotatable bonds is 9. The topological polar surface area (TPSA) is 104 Å². The van der Waals surface area contributed by atoms with Gasteiger partial charge in [0.05, 0.1) is 18.8 Å². The van der Waals surface area contributed by atoms with E-state index >= 15 is 0 Å². The Morgan fingerprint density at radius 2 is 1.65 bits per heavy atom. The number of hydrogen-bond acceptors (Lipinski definition) is 6. The molecule has 1 heterocycles. The standard InChI is InChI=1S/C24H46N2O5/c1-17-11-7-8-12-18(17)26(23(31)24(2,3)4)14-10-6-5-9-13-25-15-20(28)22(30)21(29)19(25)16-27/h17-22,27-30H,5-16H2,1-4H3/t17-,18-,19-,20+,21-,22-/m1/s1. The van der Waals surface area contributed by atoms with Crippen molar-refractivity contribution in [3.8, 4) is 0 Å². The number of carbonyl (C=O) groups excluding carboxylic acids is 1. The summed E-state index contributed by atoms with van der Waals surface area (Å²) < 4.78 is 0. The molecule has 0 aromatic heterocycles. The molecule has 7 heteroatoms. The van der Waals surface area contributed by atoms with E-state index in [1.807, 2.05) is 25.7 Å². The van der Waals surface area contributed by atoms with Gasteiger partial charge in [0.2, 0.25) is 5.91 Å². The number of unbranched alkanes of at least 4 members (excludes halogenated alkanes) is 3. The van der Waals surface area contributed by atoms with Crippen LogP contribution in [-0.4, -0.2) is 92.8 Å². The van der Waals surface area contributed by atoms with Gasteiger partial charge in [0.15, 0.2) is 0 Å². The van der Waals surface area contributed by atoms with Crippen LogP contribution in [0.25, 0.3) is 0 Å². The Morgan fingerprint density at radius 3 is 2.26 bits per heavy atom. The van der Waals surface area contributed by atoms with Gasteiger partial charge < -0.3 is 25.3 Å². The fourth-order valence-corrected chi connectivity index (χ4v) is 5.19. The molecule has 0 bridgehead atoms. The summed E-state index contributed by atoms with van der Waals surface area (Å²) in [6, 6.07) is -0.181. The van der Waals surface area contributed by atoms with Crippen molar-refractivity contribution in [3.63, 3.8) is 0 Å². The van der Waals surface area contributed by atoms with Gasteiger partial charge in [0.25, 0.3) is 0 Å². The van der Waals surface area contributed by atoms with Gasteiger partial charge in [-0.1, -0.05) is 53.4 Å². The third-order valence-electron chi connectivity index (χ3n) is 7.18. The molecule has 1 saturated carbocycles. The summed E-state index contributed by atoms with van der Waals surface area (Å²) in [7, 11) is 0. The predicted octanol–water partition coefficient (Wildman–Crippen LogP) is 1.76. The van der Waals surface area contributed by atoms with Gasteiger partial charge in [-0.05, 0) is 38.1 Å². The summed E-state index contributed by atoms with van der Waals surface area (Å²) in [5.74, 6) is 0.814. The molecule has 6 atom stereocenters. The van der Waals surface area contributed by atoms with Gasteiger partial charge >= 0.3 is 0 Å². The largest absolute Gasteiger partial charge is 0.395 e. The Labute approximate surface area is 188 Å². The molecule has 1 aliphatic heterocycles. The van der Waals surface area contributed by atoms with Crippen molar-refractivity contribution >= 4 is 5.91 Å². The van der Waals surface area contributed by atoms with Crippen molar-refractivity contribution in [2.45, 2.75) is 109 Å². The number of likely N-dealkylation sites (tertiary alicyclic amines) is 1. The molecule has 0 aromatic carbocycles. The van der Waals surface area contributed by atoms with E-state index in [1.165, 1.54) is 19.3 Å². The van der Waals surface area contributed by atoms with Crippen LogP contribution in [-0.2, 0) is 4.79 Å². The monoisotopic (exact) mass is 442 g/mol. The Balaban J connectivity index is 1.80. The zero-order chi connectivity index (χ0) is 23.2. The zero-order valence-corrected chi connectivity index (χ0v) is 20.0. The summed E-state index contributed by atoms with van der Waals surface area (Å²) in [6.45, 7) is 9.78. The number of nitrogens with zero attached hydrogens (tertiary/aromatic N) is 2. The minimum absolute atomic E-state index is 0.242. The molecule has 0 spiro atoms. The Morgan fingerprint density at radius 1 is 1.00 bits per heavy atom. The molecule has 7 nitrogen and oxygen atoms in total. The minimum atomic E-state index is -1.21. The highest BCUT2D eigenvalue weighted by Gasteiger charge is 2.40. The maximum atomic E-state index is 13.1. The first-order chi connectivity index (χ1) is 14.6. The number of carbonyl (C=O) groups is 1. The molecule has 2 fully saturated rings. The van der Waals surface area contributed by atoms with E-state index < -0.39 is 24.4 Å². The van der Waals surface area contributed by atoms with Gasteiger partial charge in [-0.2, -0.15) is 0 Å². The predicted molar refractivity (Wildman–Crippen MR) is 122 cm³/mol. The fourth-order valence-electron chi connectivity index (χ4n) is 5.19. The first-order valence-electron chi connectivity index (χ1n) is 12.3. The second kappa shape index (κ2) is 11.9. The van der Waals surface area contributed by atoms with Crippen LogP contribution in [0.2, 0.25) is 0 Å². The Kier molecular flexibility index (Phi) is 10.2. The van der Waals surface area contributed by atoms with Gasteiger partial charge in [-0.3, -0.25) is 9.69 Å². The number of piperidine rings is 1. The van der Waals surface area contributed by atoms with E-state index in [2.05, 4.69) is 11.8 Å². The molecule has 2 rings (SSSR count). The second-order valence-corrected chi connectivity index (χ2v) is 10.8. The lowest BCUT2D eigenvalue weighted by atomic mass is 9.83. The summed E-state index contributed by atoms with van der Waals surface area (Å²) in [5, 5.41) is 39.4. The Bertz CT molecular complexity index is 553. The number of hydrogen-bond donors (Lipinski definition) is 4. The third kappa shape index (κ3) is 7.13. The van der Waals surface area contributed by atoms with Crippen molar-refractivity contribution in [2.24, 2.45) is 11.3 Å². The van der Waals surface area contributed by atoms with Crippen molar-refractivity contribution in [2.75, 3.05) is 26.2 Å². The van der Waals surface area contributed by atoms with E-state index in [-0.39, 0.29) is 24.5 Å². The summed E-state index contributed by atoms with van der Waals surface area (Å²) >= 11 is 0. The quantitative estimate of drug-likeness (QED) is 0.406. The van der Waals surface area contributed by atoms with E-state index in [0.29, 0.717) is 18.5 Å². The van der Waals surface area contributed by atoms with Crippen molar-refractivity contribution < 1.29 is 25.2 Å². The molecule has 182 valence electrons. The summed E-state index contributed by atoms with van der Waals surface area (Å²) in [4.78, 5) is 17.2. The van der Waals surface area contributed by atoms with Gasteiger partial charge in [0.1, 0.15) is 12.2 Å². The van der Waals surface area contributed by atoms with Crippen LogP contribution in [0.5, 0.6) is 0 Å². The van der Waals surface area contributed by atoms with Crippen LogP contribution >= 0.6 is 0 Å². The molecule has 0 unspecified atom stereocenters. The molecule has 1 aliphatic carbocycles. The maximum Gasteiger partial charge on any atom is 0.228 e. The molecular weight excluding hydrogens is 396 g/mol. The smallest absolute Gasteiger partial charge is 0.228 e. The SMILES string of the molecule is C[C@@H]1CCCC[C@H]1N(CCCCCCN1C[C@H](O)[C@@H](O)[C@H](O)[C@H]1CO)C(=O)C(C)(C)C. The maximum absolute atomic E-state index is 13.1. The van der Waals surface area contributed by atoms with E-state index in [1.54, 1.807) is 0 Å². The minimum Gasteiger partial charge on any atom is -0.395 e. The lowest BCUT2D eigenvalue weighted by Gasteiger charge is -2.43. The molecular formula is C24H46N2O5. The van der Waals surface area contributed by atoms with Crippen molar-refractivity contribution in [3.05, 3.63) is 0 Å². The highest BCUT2D eigenvalue weighted by molar-refractivity contribution is 5.81. The molecule has 31 heavy (non-hydrogen) atoms. The number of aliphatic hydroxyl groups excluding tert-OH is 4. The Hall–Kier alpha value is -0.730. The number of amides is 1. The van der Waals surface area contributed by atoms with E-state index in [9.17, 15) is 25.2 Å². The highest BCUT2D eigenvalue weighted by Crippen LogP contribution is 2.31. The zero-order valence-electron chi connectivity index (χ0n) is 20.0. The van der Waals surface area contributed by atoms with Gasteiger partial charge in [0, 0.05) is 24.5 Å². The van der Waals surface area contributed by atoms with Crippen molar-refractivity contribution in [1.82, 2.24) is 9.80 Å². The molecule has 0 aromatic rings. The molecule has 0 radical (unpaired) electrons. The van der Waals surface area contributed by atoms with Gasteiger partial charge in [-0.15, -0.1) is 0 Å². The van der Waals surface area contributed by atoms with Crippen LogP contribution in [0.3, 0.4) is 0 Å². The van der Waals surface area contributed by atoms with Crippen LogP contribution in [0.15, 0.2) is 0 Å². The normalized spacial score (nSPS) is 32.8. The fraction of sp³-hybridized carbons (Fsp3) is 0.958. The van der Waals surface area contributed by atoms with E-state index in [4.69, 9.17) is 0 Å². The lowest BCUT2D eigenvalue weighted by Crippen LogP contribution is -2.62. The molecule has 2 aliphatic rings. The van der Waals surface area contributed by atoms with Crippen molar-refractivity contribution in [1.29, 1.82) is 0 Å². The van der Waals surface area contributed by atoms with Gasteiger partial charge in [-0.25, -0.2) is 0 Å². The third-order valence-corrected chi connectivity index (χ3v) is 7.18. The van der Waals surface area contributed by atoms with Crippen LogP contribution in [0, 0.1) is 11.3 Å². The highest BCUT2D eigenvalue weighted by atomic mass is 16.4. The summed E-state index contributed by atoms with van der Waals surface area (Å²) in [6.07, 6.45) is 5.30.